The molecule has 1 saturated carbocycles. The molecule has 0 aliphatic heterocycles. The van der Waals surface area contributed by atoms with E-state index in [0.29, 0.717) is 17.9 Å². The summed E-state index contributed by atoms with van der Waals surface area (Å²) in [5.74, 6) is 1.29. The SMILES string of the molecule is CCC1CCC(c2ccc(C3=Cc4ccc(C#N)c(F)c4CC3)cc2)CC1. The van der Waals surface area contributed by atoms with E-state index in [1.807, 2.05) is 12.1 Å². The Bertz CT molecular complexity index is 893. The summed E-state index contributed by atoms with van der Waals surface area (Å²) in [6, 6.07) is 14.5. The predicted octanol–water partition coefficient (Wildman–Crippen LogP) is 6.87. The summed E-state index contributed by atoms with van der Waals surface area (Å²) in [4.78, 5) is 0. The maximum atomic E-state index is 14.3. The Balaban J connectivity index is 1.53. The number of allylic oxidation sites excluding steroid dienone is 1. The van der Waals surface area contributed by atoms with Crippen LogP contribution in [0.3, 0.4) is 0 Å². The molecule has 0 unspecified atom stereocenters. The van der Waals surface area contributed by atoms with Gasteiger partial charge in [-0.25, -0.2) is 4.39 Å². The Morgan fingerprint density at radius 1 is 1.00 bits per heavy atom. The summed E-state index contributed by atoms with van der Waals surface area (Å²) in [7, 11) is 0. The molecule has 2 aliphatic carbocycles. The first-order valence-corrected chi connectivity index (χ1v) is 10.2. The zero-order valence-corrected chi connectivity index (χ0v) is 16.0. The Labute approximate surface area is 161 Å². The van der Waals surface area contributed by atoms with Gasteiger partial charge in [0.15, 0.2) is 0 Å². The minimum atomic E-state index is -0.344. The zero-order chi connectivity index (χ0) is 18.8. The molecule has 1 fully saturated rings. The Morgan fingerprint density at radius 3 is 2.41 bits per heavy atom. The van der Waals surface area contributed by atoms with Crippen LogP contribution in [0.4, 0.5) is 4.39 Å². The largest absolute Gasteiger partial charge is 0.205 e. The molecule has 0 radical (unpaired) electrons. The maximum Gasteiger partial charge on any atom is 0.144 e. The first-order chi connectivity index (χ1) is 13.2. The van der Waals surface area contributed by atoms with Crippen molar-refractivity contribution in [2.75, 3.05) is 0 Å². The quantitative estimate of drug-likeness (QED) is 0.587. The lowest BCUT2D eigenvalue weighted by Crippen LogP contribution is -2.12. The number of halogens is 1. The molecule has 4 rings (SSSR count). The Morgan fingerprint density at radius 2 is 1.74 bits per heavy atom. The number of nitriles is 1. The number of rotatable bonds is 3. The average Bonchev–Trinajstić information content (AvgIpc) is 2.74. The molecular formula is C25H26FN. The summed E-state index contributed by atoms with van der Waals surface area (Å²) < 4.78 is 14.3. The van der Waals surface area contributed by atoms with Crippen LogP contribution in [-0.4, -0.2) is 0 Å². The molecule has 2 aromatic rings. The zero-order valence-electron chi connectivity index (χ0n) is 16.0. The molecule has 0 aromatic heterocycles. The van der Waals surface area contributed by atoms with Gasteiger partial charge in [0.25, 0.3) is 0 Å². The first-order valence-electron chi connectivity index (χ1n) is 10.2. The van der Waals surface area contributed by atoms with Gasteiger partial charge in [0.2, 0.25) is 0 Å². The van der Waals surface area contributed by atoms with Crippen LogP contribution < -0.4 is 0 Å². The van der Waals surface area contributed by atoms with E-state index >= 15 is 0 Å². The van der Waals surface area contributed by atoms with Gasteiger partial charge in [-0.05, 0) is 84.3 Å². The van der Waals surface area contributed by atoms with Crippen LogP contribution in [0.15, 0.2) is 36.4 Å². The Kier molecular flexibility index (Phi) is 5.12. The van der Waals surface area contributed by atoms with Gasteiger partial charge < -0.3 is 0 Å². The van der Waals surface area contributed by atoms with Gasteiger partial charge >= 0.3 is 0 Å². The average molecular weight is 359 g/mol. The molecule has 0 amide bonds. The van der Waals surface area contributed by atoms with Gasteiger partial charge in [0.05, 0.1) is 5.56 Å². The van der Waals surface area contributed by atoms with Crippen LogP contribution in [0.1, 0.15) is 79.2 Å². The second-order valence-corrected chi connectivity index (χ2v) is 8.02. The van der Waals surface area contributed by atoms with Crippen LogP contribution in [0.5, 0.6) is 0 Å². The van der Waals surface area contributed by atoms with Gasteiger partial charge in [-0.3, -0.25) is 0 Å². The third kappa shape index (κ3) is 3.56. The van der Waals surface area contributed by atoms with Crippen molar-refractivity contribution >= 4 is 11.6 Å². The van der Waals surface area contributed by atoms with Crippen LogP contribution >= 0.6 is 0 Å². The van der Waals surface area contributed by atoms with Crippen molar-refractivity contribution in [1.29, 1.82) is 5.26 Å². The number of benzene rings is 2. The van der Waals surface area contributed by atoms with Crippen molar-refractivity contribution in [2.24, 2.45) is 5.92 Å². The monoisotopic (exact) mass is 359 g/mol. The van der Waals surface area contributed by atoms with E-state index in [9.17, 15) is 4.39 Å². The van der Waals surface area contributed by atoms with Crippen molar-refractivity contribution in [3.8, 4) is 6.07 Å². The number of hydrogen-bond acceptors (Lipinski definition) is 1. The van der Waals surface area contributed by atoms with E-state index in [0.717, 1.165) is 17.9 Å². The van der Waals surface area contributed by atoms with Gasteiger partial charge in [0, 0.05) is 0 Å². The fourth-order valence-corrected chi connectivity index (χ4v) is 4.73. The van der Waals surface area contributed by atoms with Crippen molar-refractivity contribution in [2.45, 2.75) is 57.8 Å². The van der Waals surface area contributed by atoms with Crippen molar-refractivity contribution in [3.05, 3.63) is 70.0 Å². The third-order valence-electron chi connectivity index (χ3n) is 6.55. The number of nitrogens with zero attached hydrogens (tertiary/aromatic N) is 1. The molecule has 2 aromatic carbocycles. The number of hydrogen-bond donors (Lipinski definition) is 0. The molecule has 0 N–H and O–H groups in total. The predicted molar refractivity (Wildman–Crippen MR) is 109 cm³/mol. The molecule has 0 atom stereocenters. The summed E-state index contributed by atoms with van der Waals surface area (Å²) in [6.45, 7) is 2.31. The van der Waals surface area contributed by atoms with E-state index in [1.165, 1.54) is 48.8 Å². The molecule has 1 nitrogen and oxygen atoms in total. The van der Waals surface area contributed by atoms with E-state index in [4.69, 9.17) is 5.26 Å². The van der Waals surface area contributed by atoms with Crippen molar-refractivity contribution < 1.29 is 4.39 Å². The summed E-state index contributed by atoms with van der Waals surface area (Å²) >= 11 is 0. The highest BCUT2D eigenvalue weighted by atomic mass is 19.1. The maximum absolute atomic E-state index is 14.3. The van der Waals surface area contributed by atoms with Crippen molar-refractivity contribution in [3.63, 3.8) is 0 Å². The van der Waals surface area contributed by atoms with Crippen LogP contribution in [-0.2, 0) is 6.42 Å². The van der Waals surface area contributed by atoms with Crippen molar-refractivity contribution in [1.82, 2.24) is 0 Å². The third-order valence-corrected chi connectivity index (χ3v) is 6.55. The summed E-state index contributed by atoms with van der Waals surface area (Å²) in [5.41, 5.74) is 5.70. The standard InChI is InChI=1S/C25H26FN/c1-2-17-3-5-18(6-4-17)19-7-9-20(10-8-19)21-13-14-24-22(15-21)11-12-23(16-27)25(24)26/h7-12,15,17-18H,2-6,13-14H2,1H3. The normalized spacial score (nSPS) is 21.9. The smallest absolute Gasteiger partial charge is 0.144 e. The lowest BCUT2D eigenvalue weighted by molar-refractivity contribution is 0.319. The fourth-order valence-electron chi connectivity index (χ4n) is 4.73. The fraction of sp³-hybridized carbons (Fsp3) is 0.400. The van der Waals surface area contributed by atoms with Crippen LogP contribution in [0.2, 0.25) is 0 Å². The van der Waals surface area contributed by atoms with Crippen LogP contribution in [0, 0.1) is 23.1 Å². The highest BCUT2D eigenvalue weighted by Gasteiger charge is 2.22. The van der Waals surface area contributed by atoms with E-state index in [2.05, 4.69) is 37.3 Å². The van der Waals surface area contributed by atoms with E-state index in [-0.39, 0.29) is 11.4 Å². The highest BCUT2D eigenvalue weighted by molar-refractivity contribution is 5.84. The minimum absolute atomic E-state index is 0.146. The molecule has 2 heteroatoms. The molecule has 27 heavy (non-hydrogen) atoms. The lowest BCUT2D eigenvalue weighted by atomic mass is 9.77. The minimum Gasteiger partial charge on any atom is -0.205 e. The molecular weight excluding hydrogens is 333 g/mol. The molecule has 0 saturated heterocycles. The van der Waals surface area contributed by atoms with Crippen LogP contribution in [0.25, 0.3) is 11.6 Å². The molecule has 0 bridgehead atoms. The second kappa shape index (κ2) is 7.69. The van der Waals surface area contributed by atoms with Gasteiger partial charge in [-0.2, -0.15) is 5.26 Å². The molecule has 0 spiro atoms. The summed E-state index contributed by atoms with van der Waals surface area (Å²) in [5, 5.41) is 9.01. The Hall–Kier alpha value is -2.40. The van der Waals surface area contributed by atoms with Gasteiger partial charge in [-0.15, -0.1) is 0 Å². The highest BCUT2D eigenvalue weighted by Crippen LogP contribution is 2.38. The topological polar surface area (TPSA) is 23.8 Å². The summed E-state index contributed by atoms with van der Waals surface area (Å²) in [6.07, 6.45) is 10.2. The van der Waals surface area contributed by atoms with Gasteiger partial charge in [0.1, 0.15) is 11.9 Å². The lowest BCUT2D eigenvalue weighted by Gasteiger charge is -2.28. The molecule has 138 valence electrons. The van der Waals surface area contributed by atoms with Gasteiger partial charge in [-0.1, -0.05) is 49.8 Å². The first kappa shape index (κ1) is 18.0. The van der Waals surface area contributed by atoms with E-state index < -0.39 is 0 Å². The second-order valence-electron chi connectivity index (χ2n) is 8.02. The number of fused-ring (bicyclic) bond motifs is 1. The molecule has 0 heterocycles. The molecule has 2 aliphatic rings. The van der Waals surface area contributed by atoms with E-state index in [1.54, 1.807) is 6.07 Å².